The van der Waals surface area contributed by atoms with E-state index in [4.69, 9.17) is 113 Å². The number of ether oxygens (including phenoxy) is 23. The maximum atomic E-state index is 13.4. The summed E-state index contributed by atoms with van der Waals surface area (Å²) in [7, 11) is -1.88. The van der Waals surface area contributed by atoms with Gasteiger partial charge in [0, 0.05) is 69.2 Å². The molecule has 0 bridgehead atoms. The normalized spacial score (nSPS) is 40.6. The van der Waals surface area contributed by atoms with E-state index in [0.717, 1.165) is 27.8 Å². The van der Waals surface area contributed by atoms with Crippen LogP contribution in [0.1, 0.15) is 198 Å². The summed E-state index contributed by atoms with van der Waals surface area (Å²) >= 11 is 0. The van der Waals surface area contributed by atoms with E-state index in [1.165, 1.54) is 0 Å². The highest BCUT2D eigenvalue weighted by Gasteiger charge is 2.60. The summed E-state index contributed by atoms with van der Waals surface area (Å²) < 4.78 is 157. The first-order valence-electron chi connectivity index (χ1n) is 49.4. The van der Waals surface area contributed by atoms with Gasteiger partial charge in [-0.1, -0.05) is 271 Å². The second-order valence-corrected chi connectivity index (χ2v) is 45.7. The number of rotatable bonds is 19. The van der Waals surface area contributed by atoms with Crippen molar-refractivity contribution in [2.45, 2.75) is 327 Å². The molecular formula is C109H142O26Si. The second kappa shape index (κ2) is 44.1. The highest BCUT2D eigenvalue weighted by atomic mass is 28.4. The summed E-state index contributed by atoms with van der Waals surface area (Å²) in [6, 6.07) is 67.8. The summed E-state index contributed by atoms with van der Waals surface area (Å²) in [6.07, 6.45) is -12.5. The molecular weight excluding hydrogens is 1750 g/mol. The van der Waals surface area contributed by atoms with Crippen LogP contribution in [-0.2, 0) is 113 Å². The molecule has 136 heavy (non-hydrogen) atoms. The fourth-order valence-corrected chi connectivity index (χ4v) is 22.2. The van der Waals surface area contributed by atoms with Crippen LogP contribution in [0.4, 0.5) is 0 Å². The van der Waals surface area contributed by atoms with Crippen LogP contribution in [0.3, 0.4) is 0 Å². The lowest BCUT2D eigenvalue weighted by atomic mass is 9.83. The van der Waals surface area contributed by atoms with Gasteiger partial charge in [0.15, 0.2) is 77.1 Å². The van der Waals surface area contributed by atoms with Crippen LogP contribution < -0.4 is 0 Å². The molecule has 7 aromatic carbocycles. The predicted molar refractivity (Wildman–Crippen MR) is 504 cm³/mol. The molecule has 0 aromatic heterocycles. The number of benzene rings is 7. The molecule has 12 fully saturated rings. The first-order chi connectivity index (χ1) is 65.4. The van der Waals surface area contributed by atoms with Crippen LogP contribution in [0.2, 0.25) is 18.1 Å². The van der Waals surface area contributed by atoms with E-state index in [1.807, 2.05) is 216 Å². The average molecular weight is 1900 g/mol. The third-order valence-corrected chi connectivity index (χ3v) is 35.2. The zero-order chi connectivity index (χ0) is 95.5. The minimum Gasteiger partial charge on any atom is -0.453 e. The SMILES string of the molecule is CC1O[C@@H](C)[C@@H](OC(=O)c2ccccc2)[C@@H](O[C@@H]2OC3COC(c4ccccc4)O[C@H]3[C@H](O[C@@H]3OC4COC(c5ccccc5)O[C@H]4[C@H](C)C3C)C2C)C1C.CC1O[C@@H](C)[C@@H](OC(=O)c2ccccc2)[C@@H](O[C@@H]2OC3COC(c4ccccc4)O[C@H]3[C@H](O[C@@H]3OC4COC(c5ccccc5)O[C@H]4[C@H](C)C3C)C2C)C1C.C[C@@H]1C(O[Si](C)(C)C(C)(C)C)[C@@H](C)OC2COC(c3ccccc3)O[C@H]21. The molecule has 0 saturated carbocycles. The number of carbonyl (C=O) groups excluding carboxylic acids is 2. The van der Waals surface area contributed by atoms with Gasteiger partial charge in [-0.2, -0.15) is 0 Å². The lowest BCUT2D eigenvalue weighted by Gasteiger charge is -2.53. The van der Waals surface area contributed by atoms with Crippen molar-refractivity contribution in [3.63, 3.8) is 0 Å². The molecule has 12 heterocycles. The maximum Gasteiger partial charge on any atom is 0.338 e. The van der Waals surface area contributed by atoms with Crippen molar-refractivity contribution in [1.29, 1.82) is 0 Å². The smallest absolute Gasteiger partial charge is 0.338 e. The molecule has 12 aliphatic heterocycles. The summed E-state index contributed by atoms with van der Waals surface area (Å²) in [5.74, 6) is -1.33. The molecule has 0 amide bonds. The number of hydrogen-bond acceptors (Lipinski definition) is 26. The summed E-state index contributed by atoms with van der Waals surface area (Å²) in [5.41, 5.74) is 5.77. The molecule has 0 spiro atoms. The largest absolute Gasteiger partial charge is 0.453 e. The van der Waals surface area contributed by atoms with Gasteiger partial charge in [-0.3, -0.25) is 0 Å². The molecule has 26 nitrogen and oxygen atoms in total. The zero-order valence-electron chi connectivity index (χ0n) is 82.0. The Morgan fingerprint density at radius 1 is 0.257 bits per heavy atom. The third-order valence-electron chi connectivity index (χ3n) is 30.7. The van der Waals surface area contributed by atoms with E-state index < -0.39 is 144 Å². The monoisotopic (exact) mass is 1890 g/mol. The Morgan fingerprint density at radius 3 is 0.809 bits per heavy atom. The Hall–Kier alpha value is -7.18. The topological polar surface area (TPSA) is 256 Å². The Balaban J connectivity index is 0.000000151. The van der Waals surface area contributed by atoms with Crippen LogP contribution in [0.15, 0.2) is 212 Å². The van der Waals surface area contributed by atoms with Crippen molar-refractivity contribution in [3.8, 4) is 0 Å². The molecule has 12 saturated heterocycles. The zero-order valence-corrected chi connectivity index (χ0v) is 83.0. The van der Waals surface area contributed by atoms with Gasteiger partial charge in [0.05, 0.1) is 111 Å². The van der Waals surface area contributed by atoms with Crippen LogP contribution in [-0.4, -0.2) is 213 Å². The van der Waals surface area contributed by atoms with Crippen molar-refractivity contribution in [2.75, 3.05) is 33.0 Å². The van der Waals surface area contributed by atoms with Crippen molar-refractivity contribution in [2.24, 2.45) is 53.3 Å². The predicted octanol–water partition coefficient (Wildman–Crippen LogP) is 18.9. The van der Waals surface area contributed by atoms with Gasteiger partial charge in [-0.25, -0.2) is 9.59 Å². The minimum absolute atomic E-state index is 0.0140. The van der Waals surface area contributed by atoms with Gasteiger partial charge in [0.25, 0.3) is 0 Å². The molecule has 19 unspecified atom stereocenters. The van der Waals surface area contributed by atoms with E-state index in [1.54, 1.807) is 24.3 Å². The average Bonchev–Trinajstić information content (AvgIpc) is 0.757. The molecule has 0 N–H and O–H groups in total. The summed E-state index contributed by atoms with van der Waals surface area (Å²) in [5, 5.41) is 0.173. The number of esters is 2. The lowest BCUT2D eigenvalue weighted by Crippen LogP contribution is -2.64. The summed E-state index contributed by atoms with van der Waals surface area (Å²) in [6.45, 7) is 42.4. The molecule has 27 heteroatoms. The highest BCUT2D eigenvalue weighted by molar-refractivity contribution is 6.74. The molecule has 7 aromatic rings. The fourth-order valence-electron chi connectivity index (χ4n) is 20.7. The Bertz CT molecular complexity index is 4650. The van der Waals surface area contributed by atoms with Crippen molar-refractivity contribution in [3.05, 3.63) is 251 Å². The van der Waals surface area contributed by atoms with Gasteiger partial charge in [0.2, 0.25) is 0 Å². The van der Waals surface area contributed by atoms with Crippen molar-refractivity contribution in [1.82, 2.24) is 0 Å². The van der Waals surface area contributed by atoms with E-state index in [0.29, 0.717) is 30.9 Å². The first-order valence-corrected chi connectivity index (χ1v) is 52.3. The van der Waals surface area contributed by atoms with Gasteiger partial charge in [-0.05, 0) is 88.9 Å². The van der Waals surface area contributed by atoms with E-state index in [2.05, 4.69) is 103 Å². The van der Waals surface area contributed by atoms with Gasteiger partial charge in [-0.15, -0.1) is 0 Å². The summed E-state index contributed by atoms with van der Waals surface area (Å²) in [4.78, 5) is 26.7. The molecule has 12 aliphatic rings. The van der Waals surface area contributed by atoms with Crippen LogP contribution in [0, 0.1) is 53.3 Å². The van der Waals surface area contributed by atoms with E-state index in [9.17, 15) is 9.59 Å². The Morgan fingerprint density at radius 2 is 0.507 bits per heavy atom. The number of hydrogen-bond donors (Lipinski definition) is 0. The number of carbonyl (C=O) groups is 2. The quantitative estimate of drug-likeness (QED) is 0.0538. The lowest BCUT2D eigenvalue weighted by molar-refractivity contribution is -0.397. The van der Waals surface area contributed by atoms with E-state index >= 15 is 0 Å². The standard InChI is InChI=1S/2C44H54O11.C21H34O4Si/c2*1-24-25(2)41(49-33-22-46-43(52-35(24)33)31-18-12-8-13-19-31)54-37-27(4)42(50-34-23-47-44(55-39(34)37)32-20-14-9-15-21-32)53-36-26(3)28(5)48-29(6)38(36)51-40(45)30-16-10-7-11-17-30;1-14-18(25-26(6,7)21(3,4)5)15(2)23-17-13-22-20(24-19(14)17)16-11-9-8-10-12-16/h2*7-21,24-29,33-39,41-44H,22-23H2,1-6H3;8-12,14-15,17-20H,13H2,1-7H3/t2*24-,25?,26?,27?,28?,29+,33?,34?,35+,36+,37-,38-,39-,41+,42+,43?,44?;14-,15-,17?,18?,19+,20?/m111/s1. The second-order valence-electron chi connectivity index (χ2n) is 41.0. The highest BCUT2D eigenvalue weighted by Crippen LogP contribution is 2.50. The minimum atomic E-state index is -1.88. The van der Waals surface area contributed by atoms with Gasteiger partial charge >= 0.3 is 11.9 Å². The maximum absolute atomic E-state index is 13.4. The number of fused-ring (bicyclic) bond motifs is 5. The molecule has 40 atom stereocenters. The van der Waals surface area contributed by atoms with Gasteiger partial charge < -0.3 is 113 Å². The molecule has 738 valence electrons. The van der Waals surface area contributed by atoms with E-state index in [-0.39, 0.29) is 139 Å². The molecule has 0 aliphatic carbocycles. The Labute approximate surface area is 803 Å². The fraction of sp³-hybridized carbons (Fsp3) is 0.596. The van der Waals surface area contributed by atoms with Crippen LogP contribution in [0.25, 0.3) is 0 Å². The van der Waals surface area contributed by atoms with Crippen molar-refractivity contribution >= 4 is 20.3 Å². The third kappa shape index (κ3) is 22.3. The Kier molecular flexibility index (Phi) is 32.6. The van der Waals surface area contributed by atoms with Crippen molar-refractivity contribution < 1.29 is 123 Å². The molecule has 19 rings (SSSR count). The van der Waals surface area contributed by atoms with Crippen LogP contribution >= 0.6 is 0 Å². The van der Waals surface area contributed by atoms with Crippen LogP contribution in [0.5, 0.6) is 0 Å². The molecule has 0 radical (unpaired) electrons. The van der Waals surface area contributed by atoms with Gasteiger partial charge in [0.1, 0.15) is 54.9 Å². The first kappa shape index (κ1) is 100.